The maximum absolute atomic E-state index is 12.2. The molecule has 7 nitrogen and oxygen atoms in total. The molecule has 21 heavy (non-hydrogen) atoms. The smallest absolute Gasteiger partial charge is 0.410 e. The fourth-order valence-electron chi connectivity index (χ4n) is 2.74. The molecule has 0 bridgehead atoms. The van der Waals surface area contributed by atoms with E-state index in [4.69, 9.17) is 9.47 Å². The average Bonchev–Trinajstić information content (AvgIpc) is 2.73. The normalized spacial score (nSPS) is 19.4. The summed E-state index contributed by atoms with van der Waals surface area (Å²) < 4.78 is 10.4. The molecule has 2 saturated heterocycles. The summed E-state index contributed by atoms with van der Waals surface area (Å²) in [5, 5.41) is 0. The molecule has 0 unspecified atom stereocenters. The highest BCUT2D eigenvalue weighted by Gasteiger charge is 2.53. The number of methoxy groups -OCH3 is 1. The Labute approximate surface area is 122 Å². The first-order valence-electron chi connectivity index (χ1n) is 6.72. The number of carbonyl (C=O) groups excluding carboxylic acids is 2. The summed E-state index contributed by atoms with van der Waals surface area (Å²) >= 11 is 0. The Hall–Kier alpha value is -2.31. The van der Waals surface area contributed by atoms with Crippen LogP contribution in [0.2, 0.25) is 0 Å². The van der Waals surface area contributed by atoms with Crippen LogP contribution in [0.15, 0.2) is 18.3 Å². The molecule has 0 N–H and O–H groups in total. The van der Waals surface area contributed by atoms with E-state index in [1.807, 2.05) is 0 Å². The van der Waals surface area contributed by atoms with E-state index in [0.29, 0.717) is 31.9 Å². The van der Waals surface area contributed by atoms with Crippen molar-refractivity contribution in [2.24, 2.45) is 0 Å². The zero-order valence-corrected chi connectivity index (χ0v) is 12.0. The molecular formula is C14H17N3O4. The van der Waals surface area contributed by atoms with Crippen molar-refractivity contribution in [1.29, 1.82) is 0 Å². The topological polar surface area (TPSA) is 72.0 Å². The third kappa shape index (κ3) is 2.51. The van der Waals surface area contributed by atoms with Crippen LogP contribution in [0.25, 0.3) is 0 Å². The lowest BCUT2D eigenvalue weighted by Gasteiger charge is -2.45. The minimum Gasteiger partial charge on any atom is -0.481 e. The van der Waals surface area contributed by atoms with Crippen molar-refractivity contribution in [3.05, 3.63) is 23.9 Å². The minimum absolute atomic E-state index is 0.0134. The lowest BCUT2D eigenvalue weighted by atomic mass is 9.93. The van der Waals surface area contributed by atoms with Gasteiger partial charge in [-0.3, -0.25) is 4.79 Å². The number of amides is 2. The summed E-state index contributed by atoms with van der Waals surface area (Å²) in [5.41, 5.74) is 0.352. The molecule has 2 amide bonds. The Bertz CT molecular complexity index is 583. The lowest BCUT2D eigenvalue weighted by Crippen LogP contribution is -2.65. The van der Waals surface area contributed by atoms with E-state index in [1.165, 1.54) is 12.0 Å². The van der Waals surface area contributed by atoms with Gasteiger partial charge in [0.2, 0.25) is 11.8 Å². The molecule has 1 spiro atoms. The number of pyridine rings is 1. The van der Waals surface area contributed by atoms with Crippen molar-refractivity contribution in [3.63, 3.8) is 0 Å². The zero-order valence-electron chi connectivity index (χ0n) is 12.0. The molecule has 3 heterocycles. The number of carbonyl (C=O) groups is 2. The number of likely N-dealkylation sites (tertiary alicyclic amines) is 1. The van der Waals surface area contributed by atoms with Crippen LogP contribution < -0.4 is 4.74 Å². The Morgan fingerprint density at radius 3 is 2.86 bits per heavy atom. The lowest BCUT2D eigenvalue weighted by molar-refractivity contribution is -0.149. The molecule has 2 fully saturated rings. The standard InChI is InChI=1S/C14H17N3O4/c1-16-7-14(21-13(16)19)8-17(9-14)12(18)6-10-3-4-15-11(5-10)20-2/h3-5H,6-9H2,1-2H3. The van der Waals surface area contributed by atoms with Gasteiger partial charge in [-0.1, -0.05) is 0 Å². The SMILES string of the molecule is COc1cc(CC(=O)N2CC3(CN(C)C(=O)O3)C2)ccn1. The molecule has 2 aliphatic heterocycles. The van der Waals surface area contributed by atoms with Crippen molar-refractivity contribution >= 4 is 12.0 Å². The van der Waals surface area contributed by atoms with E-state index < -0.39 is 5.60 Å². The van der Waals surface area contributed by atoms with E-state index in [0.717, 1.165) is 5.56 Å². The van der Waals surface area contributed by atoms with Gasteiger partial charge in [0.1, 0.15) is 0 Å². The Morgan fingerprint density at radius 2 is 2.24 bits per heavy atom. The van der Waals surface area contributed by atoms with E-state index in [-0.39, 0.29) is 12.0 Å². The number of likely N-dealkylation sites (N-methyl/N-ethyl adjacent to an activating group) is 1. The highest BCUT2D eigenvalue weighted by atomic mass is 16.6. The summed E-state index contributed by atoms with van der Waals surface area (Å²) in [6, 6.07) is 3.54. The molecule has 0 radical (unpaired) electrons. The number of ether oxygens (including phenoxy) is 2. The number of hydrogen-bond acceptors (Lipinski definition) is 5. The van der Waals surface area contributed by atoms with Crippen LogP contribution in [-0.2, 0) is 16.0 Å². The molecule has 7 heteroatoms. The minimum atomic E-state index is -0.503. The van der Waals surface area contributed by atoms with Crippen molar-refractivity contribution in [3.8, 4) is 5.88 Å². The molecule has 112 valence electrons. The number of aromatic nitrogens is 1. The largest absolute Gasteiger partial charge is 0.481 e. The molecule has 1 aromatic heterocycles. The molecule has 0 aromatic carbocycles. The number of nitrogens with zero attached hydrogens (tertiary/aromatic N) is 3. The monoisotopic (exact) mass is 291 g/mol. The maximum atomic E-state index is 12.2. The average molecular weight is 291 g/mol. The summed E-state index contributed by atoms with van der Waals surface area (Å²) in [5.74, 6) is 0.506. The second-order valence-electron chi connectivity index (χ2n) is 5.54. The predicted molar refractivity (Wildman–Crippen MR) is 72.9 cm³/mol. The third-order valence-corrected chi connectivity index (χ3v) is 3.82. The Balaban J connectivity index is 1.57. The van der Waals surface area contributed by atoms with Crippen molar-refractivity contribution in [1.82, 2.24) is 14.8 Å². The highest BCUT2D eigenvalue weighted by molar-refractivity contribution is 5.81. The van der Waals surface area contributed by atoms with Gasteiger partial charge in [0.25, 0.3) is 0 Å². The zero-order chi connectivity index (χ0) is 15.0. The quantitative estimate of drug-likeness (QED) is 0.800. The molecule has 1 aromatic rings. The third-order valence-electron chi connectivity index (χ3n) is 3.82. The van der Waals surface area contributed by atoms with E-state index >= 15 is 0 Å². The van der Waals surface area contributed by atoms with E-state index in [2.05, 4.69) is 4.98 Å². The fraction of sp³-hybridized carbons (Fsp3) is 0.500. The molecule has 0 saturated carbocycles. The van der Waals surface area contributed by atoms with Crippen LogP contribution in [0.3, 0.4) is 0 Å². The van der Waals surface area contributed by atoms with E-state index in [1.54, 1.807) is 30.3 Å². The van der Waals surface area contributed by atoms with Crippen LogP contribution in [0.4, 0.5) is 4.79 Å². The Morgan fingerprint density at radius 1 is 1.48 bits per heavy atom. The summed E-state index contributed by atoms with van der Waals surface area (Å²) in [6.07, 6.45) is 1.59. The van der Waals surface area contributed by atoms with Crippen molar-refractivity contribution in [2.75, 3.05) is 33.8 Å². The van der Waals surface area contributed by atoms with Gasteiger partial charge in [-0.15, -0.1) is 0 Å². The molecular weight excluding hydrogens is 274 g/mol. The van der Waals surface area contributed by atoms with Crippen LogP contribution >= 0.6 is 0 Å². The first-order chi connectivity index (χ1) is 10.0. The van der Waals surface area contributed by atoms with Gasteiger partial charge < -0.3 is 19.3 Å². The molecule has 2 aliphatic rings. The number of rotatable bonds is 3. The molecule has 3 rings (SSSR count). The summed E-state index contributed by atoms with van der Waals surface area (Å²) in [6.45, 7) is 1.47. The van der Waals surface area contributed by atoms with Gasteiger partial charge >= 0.3 is 6.09 Å². The van der Waals surface area contributed by atoms with Crippen molar-refractivity contribution < 1.29 is 19.1 Å². The highest BCUT2D eigenvalue weighted by Crippen LogP contribution is 2.32. The second kappa shape index (κ2) is 4.91. The summed E-state index contributed by atoms with van der Waals surface area (Å²) in [7, 11) is 3.24. The first kappa shape index (κ1) is 13.7. The van der Waals surface area contributed by atoms with E-state index in [9.17, 15) is 9.59 Å². The molecule has 0 aliphatic carbocycles. The van der Waals surface area contributed by atoms with Gasteiger partial charge in [-0.2, -0.15) is 0 Å². The van der Waals surface area contributed by atoms with Gasteiger partial charge in [-0.25, -0.2) is 9.78 Å². The summed E-state index contributed by atoms with van der Waals surface area (Å²) in [4.78, 5) is 30.9. The number of hydrogen-bond donors (Lipinski definition) is 0. The van der Waals surface area contributed by atoms with Gasteiger partial charge in [0.15, 0.2) is 5.60 Å². The molecule has 0 atom stereocenters. The van der Waals surface area contributed by atoms with Crippen LogP contribution in [0.1, 0.15) is 5.56 Å². The maximum Gasteiger partial charge on any atom is 0.410 e. The fourth-order valence-corrected chi connectivity index (χ4v) is 2.74. The van der Waals surface area contributed by atoms with Gasteiger partial charge in [0, 0.05) is 19.3 Å². The predicted octanol–water partition coefficient (Wildman–Crippen LogP) is 0.296. The van der Waals surface area contributed by atoms with Gasteiger partial charge in [-0.05, 0) is 11.6 Å². The van der Waals surface area contributed by atoms with Crippen LogP contribution in [-0.4, -0.2) is 66.2 Å². The first-order valence-corrected chi connectivity index (χ1v) is 6.72. The second-order valence-corrected chi connectivity index (χ2v) is 5.54. The van der Waals surface area contributed by atoms with Crippen LogP contribution in [0.5, 0.6) is 5.88 Å². The van der Waals surface area contributed by atoms with Crippen LogP contribution in [0, 0.1) is 0 Å². The van der Waals surface area contributed by atoms with Gasteiger partial charge in [0.05, 0.1) is 33.2 Å². The van der Waals surface area contributed by atoms with Crippen molar-refractivity contribution in [2.45, 2.75) is 12.0 Å². The Kier molecular flexibility index (Phi) is 3.19.